The van der Waals surface area contributed by atoms with Crippen LogP contribution in [0.15, 0.2) is 0 Å². The Labute approximate surface area is 83.0 Å². The Morgan fingerprint density at radius 3 is 2.69 bits per heavy atom. The van der Waals surface area contributed by atoms with Crippen LogP contribution >= 0.6 is 12.6 Å². The maximum atomic E-state index is 10.5. The minimum absolute atomic E-state index is 0.213. The Morgan fingerprint density at radius 1 is 1.62 bits per heavy atom. The van der Waals surface area contributed by atoms with Crippen molar-refractivity contribution in [3.63, 3.8) is 0 Å². The first-order valence-corrected chi connectivity index (χ1v) is 5.85. The first-order valence-electron chi connectivity index (χ1n) is 3.73. The summed E-state index contributed by atoms with van der Waals surface area (Å²) in [6, 6.07) is 0. The van der Waals surface area contributed by atoms with Gasteiger partial charge in [-0.3, -0.25) is 9.45 Å². The lowest BCUT2D eigenvalue weighted by Crippen LogP contribution is -2.58. The largest absolute Gasteiger partial charge is 0.285 e. The first-order chi connectivity index (χ1) is 5.88. The van der Waals surface area contributed by atoms with E-state index < -0.39 is 16.0 Å². The SMILES string of the molecule is CN1CCN(CS(=O)(=O)O)NC1S. The zero-order chi connectivity index (χ0) is 10.1. The molecule has 2 N–H and O–H groups in total. The molecule has 6 nitrogen and oxygen atoms in total. The van der Waals surface area contributed by atoms with E-state index in [9.17, 15) is 8.42 Å². The number of hydrazine groups is 1. The topological polar surface area (TPSA) is 72.9 Å². The molecule has 0 bridgehead atoms. The van der Waals surface area contributed by atoms with Crippen molar-refractivity contribution in [3.8, 4) is 0 Å². The molecular formula is C5H13N3O3S2. The summed E-state index contributed by atoms with van der Waals surface area (Å²) in [4.78, 5) is 1.92. The van der Waals surface area contributed by atoms with Crippen LogP contribution in [0.2, 0.25) is 0 Å². The highest BCUT2D eigenvalue weighted by Gasteiger charge is 2.23. The van der Waals surface area contributed by atoms with Crippen molar-refractivity contribution < 1.29 is 13.0 Å². The van der Waals surface area contributed by atoms with Gasteiger partial charge in [0.25, 0.3) is 10.1 Å². The molecular weight excluding hydrogens is 214 g/mol. The molecule has 13 heavy (non-hydrogen) atoms. The average Bonchev–Trinajstić information content (AvgIpc) is 1.94. The minimum Gasteiger partial charge on any atom is -0.285 e. The van der Waals surface area contributed by atoms with Crippen LogP contribution in [-0.4, -0.2) is 54.4 Å². The molecule has 0 amide bonds. The van der Waals surface area contributed by atoms with E-state index in [4.69, 9.17) is 4.55 Å². The number of thiol groups is 1. The molecule has 0 aromatic rings. The summed E-state index contributed by atoms with van der Waals surface area (Å²) < 4.78 is 29.6. The lowest BCUT2D eigenvalue weighted by Gasteiger charge is -2.37. The fourth-order valence-electron chi connectivity index (χ4n) is 1.03. The molecule has 1 atom stereocenters. The van der Waals surface area contributed by atoms with Crippen LogP contribution in [0, 0.1) is 0 Å². The minimum atomic E-state index is -3.95. The van der Waals surface area contributed by atoms with Crippen LogP contribution in [0.25, 0.3) is 0 Å². The lowest BCUT2D eigenvalue weighted by atomic mass is 10.5. The quantitative estimate of drug-likeness (QED) is 0.406. The summed E-state index contributed by atoms with van der Waals surface area (Å²) in [6.45, 7) is 1.24. The van der Waals surface area contributed by atoms with E-state index in [1.54, 1.807) is 0 Å². The van der Waals surface area contributed by atoms with Gasteiger partial charge in [0.2, 0.25) is 0 Å². The summed E-state index contributed by atoms with van der Waals surface area (Å²) in [5.74, 6) is -0.405. The summed E-state index contributed by atoms with van der Waals surface area (Å²) in [6.07, 6.45) is 0. The number of hydrogen-bond donors (Lipinski definition) is 3. The van der Waals surface area contributed by atoms with Crippen LogP contribution in [-0.2, 0) is 10.1 Å². The number of likely N-dealkylation sites (N-methyl/N-ethyl adjacent to an activating group) is 1. The predicted molar refractivity (Wildman–Crippen MR) is 51.7 cm³/mol. The van der Waals surface area contributed by atoms with Gasteiger partial charge in [0.05, 0.1) is 0 Å². The Hall–Kier alpha value is 0.140. The van der Waals surface area contributed by atoms with Gasteiger partial charge in [-0.15, -0.1) is 12.6 Å². The predicted octanol–water partition coefficient (Wildman–Crippen LogP) is -1.20. The molecule has 1 aliphatic rings. The van der Waals surface area contributed by atoms with E-state index in [1.165, 1.54) is 5.01 Å². The molecule has 1 unspecified atom stereocenters. The van der Waals surface area contributed by atoms with E-state index in [2.05, 4.69) is 18.1 Å². The highest BCUT2D eigenvalue weighted by molar-refractivity contribution is 7.85. The van der Waals surface area contributed by atoms with Crippen molar-refractivity contribution in [1.29, 1.82) is 0 Å². The normalized spacial score (nSPS) is 27.8. The third kappa shape index (κ3) is 3.79. The zero-order valence-corrected chi connectivity index (χ0v) is 8.92. The Balaban J connectivity index is 2.47. The molecule has 0 spiro atoms. The second-order valence-electron chi connectivity index (χ2n) is 2.96. The highest BCUT2D eigenvalue weighted by atomic mass is 32.2. The van der Waals surface area contributed by atoms with Crippen molar-refractivity contribution in [3.05, 3.63) is 0 Å². The molecule has 0 aromatic heterocycles. The third-order valence-corrected chi connectivity index (χ3v) is 2.90. The van der Waals surface area contributed by atoms with Crippen LogP contribution in [0.5, 0.6) is 0 Å². The molecule has 1 rings (SSSR count). The molecule has 1 heterocycles. The van der Waals surface area contributed by atoms with Crippen LogP contribution in [0.4, 0.5) is 0 Å². The van der Waals surface area contributed by atoms with Gasteiger partial charge in [-0.25, -0.2) is 10.4 Å². The van der Waals surface area contributed by atoms with Gasteiger partial charge < -0.3 is 0 Å². The van der Waals surface area contributed by atoms with Crippen molar-refractivity contribution in [2.45, 2.75) is 5.50 Å². The fourth-order valence-corrected chi connectivity index (χ4v) is 1.90. The van der Waals surface area contributed by atoms with Gasteiger partial charge in [0.1, 0.15) is 11.4 Å². The van der Waals surface area contributed by atoms with E-state index >= 15 is 0 Å². The summed E-state index contributed by atoms with van der Waals surface area (Å²) in [7, 11) is -2.08. The molecule has 78 valence electrons. The van der Waals surface area contributed by atoms with Gasteiger partial charge in [0.15, 0.2) is 0 Å². The average molecular weight is 227 g/mol. The molecule has 0 radical (unpaired) electrons. The van der Waals surface area contributed by atoms with Crippen molar-refractivity contribution in [2.75, 3.05) is 26.0 Å². The van der Waals surface area contributed by atoms with E-state index in [0.717, 1.165) is 0 Å². The lowest BCUT2D eigenvalue weighted by molar-refractivity contribution is 0.0768. The number of rotatable bonds is 2. The molecule has 0 aliphatic carbocycles. The second-order valence-corrected chi connectivity index (χ2v) is 4.87. The first kappa shape index (κ1) is 11.2. The third-order valence-electron chi connectivity index (χ3n) is 1.76. The van der Waals surface area contributed by atoms with Gasteiger partial charge >= 0.3 is 0 Å². The van der Waals surface area contributed by atoms with Crippen LogP contribution in [0.1, 0.15) is 0 Å². The molecule has 0 aromatic carbocycles. The Kier molecular flexibility index (Phi) is 3.55. The van der Waals surface area contributed by atoms with Gasteiger partial charge in [-0.05, 0) is 7.05 Å². The Morgan fingerprint density at radius 2 is 2.23 bits per heavy atom. The van der Waals surface area contributed by atoms with E-state index in [0.29, 0.717) is 13.1 Å². The summed E-state index contributed by atoms with van der Waals surface area (Å²) in [5.41, 5.74) is 2.59. The molecule has 0 saturated carbocycles. The van der Waals surface area contributed by atoms with Crippen LogP contribution in [0.3, 0.4) is 0 Å². The fraction of sp³-hybridized carbons (Fsp3) is 1.00. The van der Waals surface area contributed by atoms with Gasteiger partial charge in [-0.2, -0.15) is 8.42 Å². The van der Waals surface area contributed by atoms with Crippen LogP contribution < -0.4 is 5.43 Å². The van der Waals surface area contributed by atoms with Gasteiger partial charge in [-0.1, -0.05) is 0 Å². The Bertz CT molecular complexity index is 268. The molecule has 1 aliphatic heterocycles. The van der Waals surface area contributed by atoms with Crippen molar-refractivity contribution >= 4 is 22.7 Å². The molecule has 1 saturated heterocycles. The standard InChI is InChI=1S/C5H13N3O3S2/c1-7-2-3-8(6-5(7)12)4-13(9,10)11/h5-6,12H,2-4H2,1H3,(H,9,10,11). The van der Waals surface area contributed by atoms with E-state index in [1.807, 2.05) is 11.9 Å². The highest BCUT2D eigenvalue weighted by Crippen LogP contribution is 2.05. The summed E-state index contributed by atoms with van der Waals surface area (Å²) in [5, 5.41) is 1.42. The maximum absolute atomic E-state index is 10.5. The number of hydrogen-bond acceptors (Lipinski definition) is 6. The van der Waals surface area contributed by atoms with Crippen molar-refractivity contribution in [1.82, 2.24) is 15.3 Å². The van der Waals surface area contributed by atoms with E-state index in [-0.39, 0.29) is 5.50 Å². The maximum Gasteiger partial charge on any atom is 0.279 e. The van der Waals surface area contributed by atoms with Gasteiger partial charge in [0, 0.05) is 13.1 Å². The number of nitrogens with one attached hydrogen (secondary N) is 1. The summed E-state index contributed by atoms with van der Waals surface area (Å²) >= 11 is 4.16. The zero-order valence-electron chi connectivity index (χ0n) is 7.21. The second kappa shape index (κ2) is 4.11. The number of nitrogens with zero attached hydrogens (tertiary/aromatic N) is 2. The van der Waals surface area contributed by atoms with Crippen molar-refractivity contribution in [2.24, 2.45) is 0 Å². The molecule has 8 heteroatoms. The monoisotopic (exact) mass is 227 g/mol. The molecule has 1 fully saturated rings. The smallest absolute Gasteiger partial charge is 0.279 e.